The number of thiophene rings is 1. The maximum Gasteiger partial charge on any atom is 2.00 e. The van der Waals surface area contributed by atoms with Gasteiger partial charge in [0.1, 0.15) is 0 Å². The van der Waals surface area contributed by atoms with E-state index in [0.29, 0.717) is 0 Å². The molecule has 1 rings (SSSR count). The first-order valence-corrected chi connectivity index (χ1v) is 3.17. The van der Waals surface area contributed by atoms with E-state index in [-0.39, 0.29) is 47.0 Å². The van der Waals surface area contributed by atoms with Crippen LogP contribution in [0.2, 0.25) is 0 Å². The minimum Gasteiger partial charge on any atom is -1.00 e. The number of rotatable bonds is 0. The summed E-state index contributed by atoms with van der Waals surface area (Å²) in [4.78, 5) is 0. The molecule has 0 spiro atoms. The molecule has 0 aliphatic carbocycles. The topological polar surface area (TPSA) is 0 Å². The summed E-state index contributed by atoms with van der Waals surface area (Å²) in [5.41, 5.74) is 0. The Labute approximate surface area is 94.4 Å². The van der Waals surface area contributed by atoms with Crippen LogP contribution in [0.5, 0.6) is 0 Å². The van der Waals surface area contributed by atoms with Crippen molar-refractivity contribution >= 4 is 50.3 Å². The number of hydrogen-bond acceptors (Lipinski definition) is 1. The van der Waals surface area contributed by atoms with Gasteiger partial charge in [-0.25, -0.2) is 12.1 Å². The van der Waals surface area contributed by atoms with Gasteiger partial charge in [-0.15, -0.1) is 0 Å². The van der Waals surface area contributed by atoms with Crippen molar-refractivity contribution in [3.63, 3.8) is 0 Å². The van der Waals surface area contributed by atoms with Crippen LogP contribution in [0.25, 0.3) is 0 Å². The van der Waals surface area contributed by atoms with Gasteiger partial charge in [0, 0.05) is 0 Å². The second kappa shape index (κ2) is 6.79. The Bertz CT molecular complexity index is 120. The molecule has 0 radical (unpaired) electrons. The number of halogens is 2. The van der Waals surface area contributed by atoms with Gasteiger partial charge in [-0.3, -0.25) is 11.3 Å². The molecule has 8 heavy (non-hydrogen) atoms. The first-order chi connectivity index (χ1) is 2.89. The predicted molar refractivity (Wildman–Crippen MR) is 36.6 cm³/mol. The molecule has 0 saturated carbocycles. The van der Waals surface area contributed by atoms with Crippen molar-refractivity contribution in [2.24, 2.45) is 0 Å². The Morgan fingerprint density at radius 2 is 2.25 bits per heavy atom. The molecule has 40 valence electrons. The van der Waals surface area contributed by atoms with Gasteiger partial charge in [-0.2, -0.15) is 5.38 Å². The molecule has 0 nitrogen and oxygen atoms in total. The van der Waals surface area contributed by atoms with Gasteiger partial charge in [0.05, 0.1) is 0 Å². The van der Waals surface area contributed by atoms with Gasteiger partial charge in [-0.1, -0.05) is 15.9 Å². The van der Waals surface area contributed by atoms with Crippen LogP contribution in [0.3, 0.4) is 0 Å². The number of hydrogen-bond donors (Lipinski definition) is 0. The molecule has 0 aliphatic heterocycles. The van der Waals surface area contributed by atoms with Crippen LogP contribution in [0.1, 0.15) is 0 Å². The van der Waals surface area contributed by atoms with E-state index >= 15 is 0 Å². The summed E-state index contributed by atoms with van der Waals surface area (Å²) in [7, 11) is 0. The second-order valence-corrected chi connectivity index (χ2v) is 3.07. The van der Waals surface area contributed by atoms with E-state index in [1.807, 2.05) is 11.4 Å². The molecule has 0 aliphatic rings. The summed E-state index contributed by atoms with van der Waals surface area (Å²) in [5.74, 6) is 0. The Kier molecular flexibility index (Phi) is 10.5. The van der Waals surface area contributed by atoms with E-state index in [4.69, 9.17) is 0 Å². The van der Waals surface area contributed by atoms with Crippen molar-refractivity contribution in [1.29, 1.82) is 0 Å². The molecule has 0 N–H and O–H groups in total. The molecular weight excluding hydrogens is 311 g/mol. The third-order valence-corrected chi connectivity index (χ3v) is 1.82. The fourth-order valence-electron chi connectivity index (χ4n) is 0.227. The Morgan fingerprint density at radius 3 is 2.38 bits per heavy atom. The summed E-state index contributed by atoms with van der Waals surface area (Å²) in [5, 5.41) is 1.98. The van der Waals surface area contributed by atoms with E-state index in [9.17, 15) is 0 Å². The minimum absolute atomic E-state index is 0. The van der Waals surface area contributed by atoms with Crippen LogP contribution in [-0.2, 0) is 0 Å². The summed E-state index contributed by atoms with van der Waals surface area (Å²) in [6.45, 7) is 0. The maximum atomic E-state index is 3.24. The van der Waals surface area contributed by atoms with Crippen molar-refractivity contribution in [3.05, 3.63) is 21.3 Å². The van der Waals surface area contributed by atoms with E-state index in [0.717, 1.165) is 3.79 Å². The average Bonchev–Trinajstić information content (AvgIpc) is 1.86. The van der Waals surface area contributed by atoms with Crippen molar-refractivity contribution in [2.75, 3.05) is 0 Å². The van der Waals surface area contributed by atoms with Crippen molar-refractivity contribution in [2.45, 2.75) is 0 Å². The smallest absolute Gasteiger partial charge is 1.00 e. The molecule has 0 fully saturated rings. The van der Waals surface area contributed by atoms with Gasteiger partial charge >= 0.3 is 23.1 Å². The summed E-state index contributed by atoms with van der Waals surface area (Å²) >= 11 is 4.88. The van der Waals surface area contributed by atoms with Crippen molar-refractivity contribution < 1.29 is 24.0 Å². The SMILES string of the molecule is Brc1[c-]ccs1.[I-].[Mg+2]. The molecule has 4 heteroatoms. The fraction of sp³-hybridized carbons (Fsp3) is 0. The summed E-state index contributed by atoms with van der Waals surface area (Å²) < 4.78 is 1.07. The largest absolute Gasteiger partial charge is 2.00 e. The second-order valence-electron chi connectivity index (χ2n) is 0.839. The van der Waals surface area contributed by atoms with E-state index < -0.39 is 0 Å². The van der Waals surface area contributed by atoms with Gasteiger partial charge in [0.2, 0.25) is 0 Å². The van der Waals surface area contributed by atoms with Crippen molar-refractivity contribution in [3.8, 4) is 0 Å². The zero-order chi connectivity index (χ0) is 4.41. The standard InChI is InChI=1S/C4H2BrS.HI.Mg/c5-4-2-1-3-6-4;;/h1,3H;1H;/q-1;;+2/p-1. The minimum atomic E-state index is 0. The Morgan fingerprint density at radius 1 is 1.62 bits per heavy atom. The molecule has 0 unspecified atom stereocenters. The molecule has 1 aromatic heterocycles. The molecule has 0 amide bonds. The quantitative estimate of drug-likeness (QED) is 0.325. The molecule has 0 aromatic carbocycles. The Hall–Kier alpha value is 1.68. The van der Waals surface area contributed by atoms with Crippen LogP contribution in [-0.4, -0.2) is 23.1 Å². The molecule has 1 aromatic rings. The zero-order valence-electron chi connectivity index (χ0n) is 4.03. The van der Waals surface area contributed by atoms with Gasteiger partial charge in [0.15, 0.2) is 0 Å². The van der Waals surface area contributed by atoms with Gasteiger partial charge in [0.25, 0.3) is 0 Å². The normalized spacial score (nSPS) is 6.62. The monoisotopic (exact) mass is 312 g/mol. The maximum absolute atomic E-state index is 3.24. The van der Waals surface area contributed by atoms with Crippen LogP contribution in [0, 0.1) is 6.07 Å². The molecular formula is C4H2BrIMgS. The van der Waals surface area contributed by atoms with Gasteiger partial charge in [-0.05, 0) is 3.79 Å². The van der Waals surface area contributed by atoms with Gasteiger partial charge < -0.3 is 24.0 Å². The average molecular weight is 313 g/mol. The first-order valence-electron chi connectivity index (χ1n) is 1.50. The van der Waals surface area contributed by atoms with Crippen LogP contribution < -0.4 is 24.0 Å². The third kappa shape index (κ3) is 4.55. The predicted octanol–water partition coefficient (Wildman–Crippen LogP) is -1.07. The molecule has 0 bridgehead atoms. The molecule has 0 atom stereocenters. The van der Waals surface area contributed by atoms with Crippen LogP contribution >= 0.6 is 27.3 Å². The zero-order valence-corrected chi connectivity index (χ0v) is 10.0. The fourth-order valence-corrected chi connectivity index (χ4v) is 1.07. The van der Waals surface area contributed by atoms with Crippen molar-refractivity contribution in [1.82, 2.24) is 0 Å². The summed E-state index contributed by atoms with van der Waals surface area (Å²) in [6, 6.07) is 4.82. The van der Waals surface area contributed by atoms with E-state index in [2.05, 4.69) is 22.0 Å². The molecule has 1 heterocycles. The van der Waals surface area contributed by atoms with Crippen LogP contribution in [0.4, 0.5) is 0 Å². The summed E-state index contributed by atoms with van der Waals surface area (Å²) in [6.07, 6.45) is 0. The third-order valence-electron chi connectivity index (χ3n) is 0.436. The van der Waals surface area contributed by atoms with E-state index in [1.54, 1.807) is 11.3 Å². The molecule has 0 saturated heterocycles. The first kappa shape index (κ1) is 12.4. The Balaban J connectivity index is 0. The van der Waals surface area contributed by atoms with E-state index in [1.165, 1.54) is 0 Å². The van der Waals surface area contributed by atoms with Crippen LogP contribution in [0.15, 0.2) is 15.2 Å².